The highest BCUT2D eigenvalue weighted by Gasteiger charge is 2.08. The Morgan fingerprint density at radius 2 is 1.96 bits per heavy atom. The van der Waals surface area contributed by atoms with Gasteiger partial charge >= 0.3 is 5.97 Å². The van der Waals surface area contributed by atoms with E-state index in [2.05, 4.69) is 15.3 Å². The van der Waals surface area contributed by atoms with Crippen LogP contribution >= 0.6 is 12.2 Å². The lowest BCUT2D eigenvalue weighted by atomic mass is 10.2. The molecule has 7 nitrogen and oxygen atoms in total. The number of benzene rings is 2. The van der Waals surface area contributed by atoms with Gasteiger partial charge in [-0.3, -0.25) is 0 Å². The van der Waals surface area contributed by atoms with Gasteiger partial charge in [-0.25, -0.2) is 9.89 Å². The molecule has 0 spiro atoms. The van der Waals surface area contributed by atoms with Gasteiger partial charge in [0.25, 0.3) is 0 Å². The summed E-state index contributed by atoms with van der Waals surface area (Å²) in [7, 11) is 0. The highest BCUT2D eigenvalue weighted by molar-refractivity contribution is 7.71. The third-order valence-electron chi connectivity index (χ3n) is 3.26. The number of aliphatic carboxylic acids is 1. The van der Waals surface area contributed by atoms with E-state index in [9.17, 15) is 4.79 Å². The monoisotopic (exact) mass is 354 g/mol. The van der Waals surface area contributed by atoms with E-state index in [0.717, 1.165) is 5.56 Å². The van der Waals surface area contributed by atoms with Crippen molar-refractivity contribution in [2.75, 3.05) is 6.61 Å². The molecular formula is C17H14N4O3S. The number of ether oxygens (including phenoxy) is 1. The van der Waals surface area contributed by atoms with Crippen LogP contribution in [0.25, 0.3) is 11.4 Å². The summed E-state index contributed by atoms with van der Waals surface area (Å²) in [6.45, 7) is -0.425. The van der Waals surface area contributed by atoms with Crippen molar-refractivity contribution in [3.63, 3.8) is 0 Å². The van der Waals surface area contributed by atoms with Gasteiger partial charge in [0.05, 0.1) is 6.21 Å². The van der Waals surface area contributed by atoms with Crippen LogP contribution in [0.5, 0.6) is 5.75 Å². The number of nitrogens with one attached hydrogen (secondary N) is 1. The molecule has 2 N–H and O–H groups in total. The van der Waals surface area contributed by atoms with Crippen LogP contribution < -0.4 is 4.74 Å². The summed E-state index contributed by atoms with van der Waals surface area (Å²) < 4.78 is 7.11. The average Bonchev–Trinajstić information content (AvgIpc) is 3.00. The first-order chi connectivity index (χ1) is 12.1. The van der Waals surface area contributed by atoms with E-state index in [-0.39, 0.29) is 0 Å². The van der Waals surface area contributed by atoms with Gasteiger partial charge in [-0.2, -0.15) is 14.9 Å². The van der Waals surface area contributed by atoms with Crippen LogP contribution in [0.2, 0.25) is 0 Å². The third-order valence-corrected chi connectivity index (χ3v) is 3.53. The van der Waals surface area contributed by atoms with Crippen LogP contribution in [0.15, 0.2) is 59.7 Å². The molecule has 3 aromatic rings. The number of para-hydroxylation sites is 1. The fraction of sp³-hybridized carbons (Fsp3) is 0.0588. The highest BCUT2D eigenvalue weighted by atomic mass is 32.1. The number of rotatable bonds is 6. The minimum absolute atomic E-state index is 0.346. The van der Waals surface area contributed by atoms with E-state index in [4.69, 9.17) is 22.1 Å². The maximum absolute atomic E-state index is 10.7. The second kappa shape index (κ2) is 7.54. The molecule has 0 aliphatic rings. The standard InChI is InChI=1S/C17H14N4O3S/c22-15(23)11-24-14-9-5-4-8-13(14)10-18-21-16(19-20-17(21)25)12-6-2-1-3-7-12/h1-10H,11H2,(H,20,25)(H,22,23). The molecule has 0 saturated carbocycles. The Morgan fingerprint density at radius 3 is 2.72 bits per heavy atom. The van der Waals surface area contributed by atoms with Crippen LogP contribution in [-0.2, 0) is 4.79 Å². The van der Waals surface area contributed by atoms with E-state index in [1.165, 1.54) is 4.68 Å². The topological polar surface area (TPSA) is 92.5 Å². The molecular weight excluding hydrogens is 340 g/mol. The van der Waals surface area contributed by atoms with Gasteiger partial charge in [-0.05, 0) is 24.4 Å². The SMILES string of the molecule is O=C(O)COc1ccccc1C=Nn1c(-c2ccccc2)n[nH]c1=S. The van der Waals surface area contributed by atoms with Gasteiger partial charge < -0.3 is 9.84 Å². The van der Waals surface area contributed by atoms with E-state index in [1.807, 2.05) is 36.4 Å². The second-order valence-corrected chi connectivity index (χ2v) is 5.38. The molecule has 3 rings (SSSR count). The Balaban J connectivity index is 1.93. The molecule has 8 heteroatoms. The molecule has 0 saturated heterocycles. The first-order valence-corrected chi connectivity index (χ1v) is 7.77. The number of carboxylic acids is 1. The largest absolute Gasteiger partial charge is 0.481 e. The molecule has 0 aliphatic carbocycles. The lowest BCUT2D eigenvalue weighted by Gasteiger charge is -2.06. The summed E-state index contributed by atoms with van der Waals surface area (Å²) >= 11 is 5.23. The number of hydrogen-bond donors (Lipinski definition) is 2. The molecule has 25 heavy (non-hydrogen) atoms. The van der Waals surface area contributed by atoms with E-state index >= 15 is 0 Å². The fourth-order valence-corrected chi connectivity index (χ4v) is 2.33. The molecule has 0 aliphatic heterocycles. The lowest BCUT2D eigenvalue weighted by Crippen LogP contribution is -2.10. The molecule has 1 aromatic heterocycles. The summed E-state index contributed by atoms with van der Waals surface area (Å²) in [5, 5.41) is 20.0. The number of aromatic amines is 1. The van der Waals surface area contributed by atoms with Crippen molar-refractivity contribution in [3.05, 3.63) is 64.9 Å². The van der Waals surface area contributed by atoms with Gasteiger partial charge in [0.15, 0.2) is 12.4 Å². The Hall–Kier alpha value is -3.26. The molecule has 0 radical (unpaired) electrons. The molecule has 1 heterocycles. The van der Waals surface area contributed by atoms with Crippen molar-refractivity contribution in [1.29, 1.82) is 0 Å². The fourth-order valence-electron chi connectivity index (χ4n) is 2.15. The molecule has 0 atom stereocenters. The third kappa shape index (κ3) is 3.99. The van der Waals surface area contributed by atoms with Gasteiger partial charge in [-0.15, -0.1) is 0 Å². The molecule has 2 aromatic carbocycles. The maximum atomic E-state index is 10.7. The Kier molecular flexibility index (Phi) is 5.00. The van der Waals surface area contributed by atoms with Crippen molar-refractivity contribution in [3.8, 4) is 17.1 Å². The summed E-state index contributed by atoms with van der Waals surface area (Å²) in [6.07, 6.45) is 1.55. The predicted molar refractivity (Wildman–Crippen MR) is 95.4 cm³/mol. The number of aromatic nitrogens is 3. The van der Waals surface area contributed by atoms with Crippen LogP contribution in [0, 0.1) is 4.77 Å². The quantitative estimate of drug-likeness (QED) is 0.524. The van der Waals surface area contributed by atoms with Gasteiger partial charge in [0, 0.05) is 11.1 Å². The van der Waals surface area contributed by atoms with Crippen molar-refractivity contribution in [2.24, 2.45) is 5.10 Å². The van der Waals surface area contributed by atoms with Crippen LogP contribution in [-0.4, -0.2) is 38.8 Å². The number of nitrogens with zero attached hydrogens (tertiary/aromatic N) is 3. The van der Waals surface area contributed by atoms with Crippen LogP contribution in [0.1, 0.15) is 5.56 Å². The van der Waals surface area contributed by atoms with Gasteiger partial charge in [-0.1, -0.05) is 42.5 Å². The maximum Gasteiger partial charge on any atom is 0.341 e. The zero-order valence-corrected chi connectivity index (χ0v) is 13.8. The summed E-state index contributed by atoms with van der Waals surface area (Å²) in [6, 6.07) is 16.5. The van der Waals surface area contributed by atoms with E-state index in [0.29, 0.717) is 21.9 Å². The summed E-state index contributed by atoms with van der Waals surface area (Å²) in [4.78, 5) is 10.7. The Labute approximate surface area is 148 Å². The first kappa shape index (κ1) is 16.6. The van der Waals surface area contributed by atoms with Crippen LogP contribution in [0.4, 0.5) is 0 Å². The minimum Gasteiger partial charge on any atom is -0.481 e. The zero-order chi connectivity index (χ0) is 17.6. The van der Waals surface area contributed by atoms with Crippen molar-refractivity contribution in [2.45, 2.75) is 0 Å². The molecule has 126 valence electrons. The smallest absolute Gasteiger partial charge is 0.341 e. The van der Waals surface area contributed by atoms with Crippen molar-refractivity contribution < 1.29 is 14.6 Å². The van der Waals surface area contributed by atoms with Crippen LogP contribution in [0.3, 0.4) is 0 Å². The van der Waals surface area contributed by atoms with Gasteiger partial charge in [0.2, 0.25) is 4.77 Å². The average molecular weight is 354 g/mol. The minimum atomic E-state index is -1.05. The lowest BCUT2D eigenvalue weighted by molar-refractivity contribution is -0.139. The number of carboxylic acid groups (broad SMARTS) is 1. The van der Waals surface area contributed by atoms with E-state index < -0.39 is 12.6 Å². The Morgan fingerprint density at radius 1 is 1.24 bits per heavy atom. The number of hydrogen-bond acceptors (Lipinski definition) is 5. The van der Waals surface area contributed by atoms with E-state index in [1.54, 1.807) is 24.4 Å². The molecule has 0 bridgehead atoms. The van der Waals surface area contributed by atoms with Crippen molar-refractivity contribution >= 4 is 24.4 Å². The highest BCUT2D eigenvalue weighted by Crippen LogP contribution is 2.18. The molecule has 0 fully saturated rings. The normalized spacial score (nSPS) is 10.9. The second-order valence-electron chi connectivity index (χ2n) is 5.00. The number of carbonyl (C=O) groups is 1. The Bertz CT molecular complexity index is 963. The van der Waals surface area contributed by atoms with Gasteiger partial charge in [0.1, 0.15) is 5.75 Å². The first-order valence-electron chi connectivity index (χ1n) is 7.36. The predicted octanol–water partition coefficient (Wildman–Crippen LogP) is 2.95. The molecule has 0 amide bonds. The number of H-pyrrole nitrogens is 1. The summed E-state index contributed by atoms with van der Waals surface area (Å²) in [5.74, 6) is -0.0501. The zero-order valence-electron chi connectivity index (χ0n) is 13.0. The van der Waals surface area contributed by atoms with Crippen molar-refractivity contribution in [1.82, 2.24) is 14.9 Å². The summed E-state index contributed by atoms with van der Waals surface area (Å²) in [5.41, 5.74) is 1.49. The molecule has 0 unspecified atom stereocenters.